The minimum Gasteiger partial charge on any atom is -0.320 e. The molecule has 4 nitrogen and oxygen atoms in total. The summed E-state index contributed by atoms with van der Waals surface area (Å²) < 4.78 is 38.0. The molecule has 0 unspecified atom stereocenters. The lowest BCUT2D eigenvalue weighted by Crippen LogP contribution is -2.32. The predicted octanol–water partition coefficient (Wildman–Crippen LogP) is 3.04. The number of nitrogens with two attached hydrogens (primary N) is 1. The zero-order chi connectivity index (χ0) is 16.3. The van der Waals surface area contributed by atoms with Gasteiger partial charge in [0.1, 0.15) is 0 Å². The maximum atomic E-state index is 12.7. The van der Waals surface area contributed by atoms with Gasteiger partial charge in [0, 0.05) is 17.5 Å². The number of amides is 1. The molecule has 0 radical (unpaired) electrons. The molecular formula is C14H14F3N3OS. The molecule has 0 spiro atoms. The number of nitrogens with zero attached hydrogens (tertiary/aromatic N) is 1. The smallest absolute Gasteiger partial charge is 0.320 e. The topological polar surface area (TPSA) is 68.0 Å². The molecule has 1 amide bonds. The average molecular weight is 329 g/mol. The van der Waals surface area contributed by atoms with E-state index in [0.717, 1.165) is 17.0 Å². The van der Waals surface area contributed by atoms with Crippen LogP contribution in [0.5, 0.6) is 0 Å². The fourth-order valence-electron chi connectivity index (χ4n) is 1.73. The largest absolute Gasteiger partial charge is 0.416 e. The third-order valence-electron chi connectivity index (χ3n) is 2.83. The number of hydrogen-bond donors (Lipinski definition) is 2. The molecule has 2 rings (SSSR count). The van der Waals surface area contributed by atoms with Crippen molar-refractivity contribution in [2.75, 3.05) is 5.32 Å². The summed E-state index contributed by atoms with van der Waals surface area (Å²) in [4.78, 5) is 16.2. The van der Waals surface area contributed by atoms with Gasteiger partial charge >= 0.3 is 6.18 Å². The van der Waals surface area contributed by atoms with Crippen LogP contribution in [-0.4, -0.2) is 16.9 Å². The Morgan fingerprint density at radius 2 is 2.18 bits per heavy atom. The molecule has 118 valence electrons. The van der Waals surface area contributed by atoms with Crippen molar-refractivity contribution >= 4 is 22.4 Å². The maximum Gasteiger partial charge on any atom is 0.416 e. The number of hydrogen-bond acceptors (Lipinski definition) is 4. The van der Waals surface area contributed by atoms with Gasteiger partial charge in [-0.15, -0.1) is 11.3 Å². The molecule has 0 saturated carbocycles. The van der Waals surface area contributed by atoms with E-state index in [0.29, 0.717) is 17.1 Å². The van der Waals surface area contributed by atoms with E-state index < -0.39 is 17.8 Å². The second-order valence-electron chi connectivity index (χ2n) is 4.78. The molecule has 0 bridgehead atoms. The van der Waals surface area contributed by atoms with Crippen molar-refractivity contribution < 1.29 is 18.0 Å². The van der Waals surface area contributed by atoms with E-state index in [1.54, 1.807) is 13.0 Å². The summed E-state index contributed by atoms with van der Waals surface area (Å²) in [6.07, 6.45) is -2.52. The van der Waals surface area contributed by atoms with Crippen LogP contribution in [0.1, 0.15) is 22.9 Å². The number of thiazole rings is 1. The minimum absolute atomic E-state index is 0.315. The summed E-state index contributed by atoms with van der Waals surface area (Å²) in [5.41, 5.74) is 5.28. The number of aromatic nitrogens is 1. The first-order valence-corrected chi connectivity index (χ1v) is 7.24. The first-order chi connectivity index (χ1) is 10.3. The summed E-state index contributed by atoms with van der Waals surface area (Å²) in [6.45, 7) is 1.55. The van der Waals surface area contributed by atoms with Gasteiger partial charge in [-0.3, -0.25) is 4.79 Å². The lowest BCUT2D eigenvalue weighted by molar-refractivity contribution is -0.137. The van der Waals surface area contributed by atoms with Crippen LogP contribution in [0, 0.1) is 0 Å². The molecule has 0 aliphatic rings. The van der Waals surface area contributed by atoms with Gasteiger partial charge in [-0.05, 0) is 18.6 Å². The van der Waals surface area contributed by atoms with Crippen molar-refractivity contribution in [2.24, 2.45) is 5.73 Å². The predicted molar refractivity (Wildman–Crippen MR) is 78.6 cm³/mol. The Balaban J connectivity index is 2.09. The molecule has 2 aromatic rings. The highest BCUT2D eigenvalue weighted by atomic mass is 32.1. The number of nitrogens with one attached hydrogen (secondary N) is 1. The zero-order valence-corrected chi connectivity index (χ0v) is 12.5. The lowest BCUT2D eigenvalue weighted by Gasteiger charge is -2.07. The highest BCUT2D eigenvalue weighted by Gasteiger charge is 2.30. The van der Waals surface area contributed by atoms with Crippen molar-refractivity contribution in [3.05, 3.63) is 46.5 Å². The molecule has 22 heavy (non-hydrogen) atoms. The van der Waals surface area contributed by atoms with Crippen molar-refractivity contribution in [3.8, 4) is 0 Å². The number of carbonyl (C=O) groups is 1. The fraction of sp³-hybridized carbons (Fsp3) is 0.286. The van der Waals surface area contributed by atoms with E-state index in [4.69, 9.17) is 5.73 Å². The second kappa shape index (κ2) is 6.45. The Kier molecular flexibility index (Phi) is 4.82. The van der Waals surface area contributed by atoms with Crippen LogP contribution >= 0.6 is 11.3 Å². The zero-order valence-electron chi connectivity index (χ0n) is 11.6. The van der Waals surface area contributed by atoms with Gasteiger partial charge in [-0.25, -0.2) is 4.98 Å². The highest BCUT2D eigenvalue weighted by Crippen LogP contribution is 2.30. The minimum atomic E-state index is -4.36. The molecule has 1 heterocycles. The van der Waals surface area contributed by atoms with Gasteiger partial charge in [0.25, 0.3) is 0 Å². The number of alkyl halides is 3. The van der Waals surface area contributed by atoms with Gasteiger partial charge < -0.3 is 11.1 Å². The maximum absolute atomic E-state index is 12.7. The Hall–Kier alpha value is -1.93. The second-order valence-corrected chi connectivity index (χ2v) is 5.90. The Morgan fingerprint density at radius 3 is 2.82 bits per heavy atom. The Labute approximate surface area is 129 Å². The average Bonchev–Trinajstić information content (AvgIpc) is 2.85. The van der Waals surface area contributed by atoms with Crippen molar-refractivity contribution in [2.45, 2.75) is 25.6 Å². The van der Waals surface area contributed by atoms with Crippen molar-refractivity contribution in [3.63, 3.8) is 0 Å². The summed E-state index contributed by atoms with van der Waals surface area (Å²) in [5.74, 6) is -0.361. The summed E-state index contributed by atoms with van der Waals surface area (Å²) >= 11 is 1.21. The fourth-order valence-corrected chi connectivity index (χ4v) is 2.57. The normalized spacial score (nSPS) is 13.0. The SMILES string of the molecule is C[C@@H](N)C(=O)Nc1ncc(Cc2cccc(C(F)(F)F)c2)s1. The molecule has 8 heteroatoms. The summed E-state index contributed by atoms with van der Waals surface area (Å²) in [6, 6.07) is 4.48. The summed E-state index contributed by atoms with van der Waals surface area (Å²) in [5, 5.41) is 2.93. The number of rotatable bonds is 4. The van der Waals surface area contributed by atoms with E-state index in [2.05, 4.69) is 10.3 Å². The molecule has 0 saturated heterocycles. The number of carbonyl (C=O) groups excluding carboxylic acids is 1. The lowest BCUT2D eigenvalue weighted by atomic mass is 10.1. The monoisotopic (exact) mass is 329 g/mol. The molecular weight excluding hydrogens is 315 g/mol. The van der Waals surface area contributed by atoms with Crippen LogP contribution in [0.15, 0.2) is 30.5 Å². The first-order valence-electron chi connectivity index (χ1n) is 6.43. The van der Waals surface area contributed by atoms with Gasteiger partial charge in [-0.2, -0.15) is 13.2 Å². The number of halogens is 3. The number of benzene rings is 1. The molecule has 1 aromatic carbocycles. The van der Waals surface area contributed by atoms with E-state index in [1.165, 1.54) is 23.6 Å². The molecule has 1 aromatic heterocycles. The van der Waals surface area contributed by atoms with Crippen LogP contribution in [0.3, 0.4) is 0 Å². The first kappa shape index (κ1) is 16.4. The van der Waals surface area contributed by atoms with Crippen LogP contribution in [-0.2, 0) is 17.4 Å². The van der Waals surface area contributed by atoms with Crippen LogP contribution in [0.2, 0.25) is 0 Å². The van der Waals surface area contributed by atoms with E-state index in [9.17, 15) is 18.0 Å². The molecule has 3 N–H and O–H groups in total. The third kappa shape index (κ3) is 4.28. The van der Waals surface area contributed by atoms with E-state index >= 15 is 0 Å². The van der Waals surface area contributed by atoms with Crippen molar-refractivity contribution in [1.29, 1.82) is 0 Å². The van der Waals surface area contributed by atoms with E-state index in [1.807, 2.05) is 0 Å². The summed E-state index contributed by atoms with van der Waals surface area (Å²) in [7, 11) is 0. The van der Waals surface area contributed by atoms with Gasteiger partial charge in [0.05, 0.1) is 11.6 Å². The van der Waals surface area contributed by atoms with Crippen LogP contribution in [0.4, 0.5) is 18.3 Å². The number of anilines is 1. The standard InChI is InChI=1S/C14H14F3N3OS/c1-8(18)12(21)20-13-19-7-11(22-13)6-9-3-2-4-10(5-9)14(15,16)17/h2-5,7-8H,6,18H2,1H3,(H,19,20,21)/t8-/m1/s1. The molecule has 0 fully saturated rings. The molecule has 0 aliphatic heterocycles. The Bertz CT molecular complexity index is 667. The molecule has 1 atom stereocenters. The van der Waals surface area contributed by atoms with Gasteiger partial charge in [0.15, 0.2) is 5.13 Å². The Morgan fingerprint density at radius 1 is 1.45 bits per heavy atom. The quantitative estimate of drug-likeness (QED) is 0.906. The van der Waals surface area contributed by atoms with Crippen LogP contribution in [0.25, 0.3) is 0 Å². The van der Waals surface area contributed by atoms with Gasteiger partial charge in [0.2, 0.25) is 5.91 Å². The van der Waals surface area contributed by atoms with Crippen molar-refractivity contribution in [1.82, 2.24) is 4.98 Å². The van der Waals surface area contributed by atoms with Crippen LogP contribution < -0.4 is 11.1 Å². The highest BCUT2D eigenvalue weighted by molar-refractivity contribution is 7.15. The molecule has 0 aliphatic carbocycles. The van der Waals surface area contributed by atoms with E-state index in [-0.39, 0.29) is 5.91 Å². The van der Waals surface area contributed by atoms with Gasteiger partial charge in [-0.1, -0.05) is 18.2 Å². The third-order valence-corrected chi connectivity index (χ3v) is 3.74.